The number of urea groups is 1. The first-order valence-electron chi connectivity index (χ1n) is 1.91. The zero-order valence-electron chi connectivity index (χ0n) is 3.90. The van der Waals surface area contributed by atoms with E-state index < -0.39 is 6.03 Å². The zero-order chi connectivity index (χ0) is 6.15. The van der Waals surface area contributed by atoms with Crippen LogP contribution < -0.4 is 0 Å². The van der Waals surface area contributed by atoms with Crippen LogP contribution >= 0.6 is 12.8 Å². The molecule has 1 heterocycles. The van der Waals surface area contributed by atoms with Gasteiger partial charge in [0.25, 0.3) is 0 Å². The van der Waals surface area contributed by atoms with E-state index in [4.69, 9.17) is 5.53 Å². The van der Waals surface area contributed by atoms with Crippen LogP contribution in [0.1, 0.15) is 0 Å². The third-order valence-electron chi connectivity index (χ3n) is 0.771. The number of carbonyl (C=O) groups is 1. The summed E-state index contributed by atoms with van der Waals surface area (Å²) in [7, 11) is 0. The molecule has 44 valence electrons. The quantitative estimate of drug-likeness (QED) is 0.286. The maximum atomic E-state index is 10.3. The lowest BCUT2D eigenvalue weighted by Gasteiger charge is -1.88. The van der Waals surface area contributed by atoms with Crippen molar-refractivity contribution in [2.45, 2.75) is 0 Å². The average Bonchev–Trinajstić information content (AvgIpc) is 2.45. The van der Waals surface area contributed by atoms with Gasteiger partial charge in [-0.3, -0.25) is 0 Å². The van der Waals surface area contributed by atoms with Gasteiger partial charge in [0.05, 0.1) is 0 Å². The van der Waals surface area contributed by atoms with Gasteiger partial charge in [0, 0.05) is 0 Å². The Morgan fingerprint density at radius 1 is 1.88 bits per heavy atom. The first kappa shape index (κ1) is 5.52. The number of nitrogens with one attached hydrogen (secondary N) is 1. The summed E-state index contributed by atoms with van der Waals surface area (Å²) in [5.41, 5.74) is 6.24. The minimum absolute atomic E-state index is 0.463. The number of nitrogens with zero attached hydrogens (tertiary/aromatic N) is 3. The number of thiol groups is 1. The van der Waals surface area contributed by atoms with E-state index in [0.717, 1.165) is 0 Å². The summed E-state index contributed by atoms with van der Waals surface area (Å²) in [6, 6.07) is -0.569. The van der Waals surface area contributed by atoms with Crippen molar-refractivity contribution in [1.82, 2.24) is 9.42 Å². The molecule has 0 bridgehead atoms. The Morgan fingerprint density at radius 3 is 2.50 bits per heavy atom. The lowest BCUT2D eigenvalue weighted by atomic mass is 11.0. The van der Waals surface area contributed by atoms with Gasteiger partial charge in [0.15, 0.2) is 0 Å². The molecule has 0 aliphatic carbocycles. The fourth-order valence-corrected chi connectivity index (χ4v) is 0.505. The smallest absolute Gasteiger partial charge is 0.243 e. The number of hydrogen-bond donors (Lipinski definition) is 2. The summed E-state index contributed by atoms with van der Waals surface area (Å²) in [6.45, 7) is 0.463. The van der Waals surface area contributed by atoms with E-state index in [1.54, 1.807) is 0 Å². The van der Waals surface area contributed by atoms with E-state index in [9.17, 15) is 4.79 Å². The van der Waals surface area contributed by atoms with Gasteiger partial charge in [-0.25, -0.2) is 9.80 Å². The maximum absolute atomic E-state index is 10.3. The molecule has 2 amide bonds. The van der Waals surface area contributed by atoms with Crippen molar-refractivity contribution < 1.29 is 4.79 Å². The van der Waals surface area contributed by atoms with E-state index in [0.29, 0.717) is 6.67 Å². The van der Waals surface area contributed by atoms with Crippen molar-refractivity contribution in [1.29, 1.82) is 5.53 Å². The Bertz CT molecular complexity index is 136. The molecule has 6 heteroatoms. The fraction of sp³-hybridized carbons (Fsp3) is 0.500. The highest BCUT2D eigenvalue weighted by molar-refractivity contribution is 7.77. The van der Waals surface area contributed by atoms with Gasteiger partial charge >= 0.3 is 6.03 Å². The minimum Gasteiger partial charge on any atom is -0.243 e. The van der Waals surface area contributed by atoms with Gasteiger partial charge < -0.3 is 0 Å². The average molecular weight is 132 g/mol. The van der Waals surface area contributed by atoms with Crippen LogP contribution in [0.25, 0.3) is 0 Å². The second kappa shape index (κ2) is 1.71. The number of hydrazine groups is 1. The first-order valence-corrected chi connectivity index (χ1v) is 2.31. The maximum Gasteiger partial charge on any atom is 0.378 e. The van der Waals surface area contributed by atoms with Crippen molar-refractivity contribution in [2.75, 3.05) is 6.67 Å². The SMILES string of the molecule is N=NC(=O)N1CN1S. The first-order chi connectivity index (χ1) is 3.75. The van der Waals surface area contributed by atoms with Crippen LogP contribution in [0, 0.1) is 5.53 Å². The van der Waals surface area contributed by atoms with Crippen LogP contribution in [0.4, 0.5) is 4.79 Å². The Kier molecular flexibility index (Phi) is 1.18. The van der Waals surface area contributed by atoms with Gasteiger partial charge in [-0.15, -0.1) is 4.41 Å². The summed E-state index contributed by atoms with van der Waals surface area (Å²) in [5.74, 6) is 0. The third kappa shape index (κ3) is 0.797. The van der Waals surface area contributed by atoms with E-state index in [2.05, 4.69) is 17.9 Å². The highest BCUT2D eigenvalue weighted by Gasteiger charge is 2.33. The van der Waals surface area contributed by atoms with Crippen LogP contribution in [0.3, 0.4) is 0 Å². The zero-order valence-corrected chi connectivity index (χ0v) is 4.80. The van der Waals surface area contributed by atoms with Gasteiger partial charge in [-0.05, 0) is 0 Å². The highest BCUT2D eigenvalue weighted by Crippen LogP contribution is 2.17. The summed E-state index contributed by atoms with van der Waals surface area (Å²) in [4.78, 5) is 10.3. The molecule has 0 aromatic rings. The molecule has 8 heavy (non-hydrogen) atoms. The standard InChI is InChI=1S/C2H4N4OS/c3-4-2(7)5-1-6(5)8/h3,8H,1H2. The molecule has 0 radical (unpaired) electrons. The molecule has 1 aliphatic rings. The molecule has 1 aliphatic heterocycles. The fourth-order valence-electron chi connectivity index (χ4n) is 0.308. The van der Waals surface area contributed by atoms with E-state index in [-0.39, 0.29) is 0 Å². The molecule has 1 atom stereocenters. The van der Waals surface area contributed by atoms with Crippen molar-refractivity contribution in [3.8, 4) is 0 Å². The summed E-state index contributed by atoms with van der Waals surface area (Å²) in [6.07, 6.45) is 0. The van der Waals surface area contributed by atoms with Crippen LogP contribution in [-0.2, 0) is 0 Å². The Hall–Kier alpha value is -0.620. The van der Waals surface area contributed by atoms with Crippen molar-refractivity contribution in [2.24, 2.45) is 5.11 Å². The number of amides is 2. The predicted molar refractivity (Wildman–Crippen MR) is 28.1 cm³/mol. The molecular weight excluding hydrogens is 128 g/mol. The monoisotopic (exact) mass is 132 g/mol. The summed E-state index contributed by atoms with van der Waals surface area (Å²) in [5, 5.41) is 3.87. The lowest BCUT2D eigenvalue weighted by molar-refractivity contribution is 0.228. The molecule has 0 aromatic carbocycles. The van der Waals surface area contributed by atoms with E-state index in [1.807, 2.05) is 0 Å². The van der Waals surface area contributed by atoms with Crippen LogP contribution in [0.5, 0.6) is 0 Å². The van der Waals surface area contributed by atoms with Crippen molar-refractivity contribution >= 4 is 18.8 Å². The number of hydrogen-bond acceptors (Lipinski definition) is 4. The van der Waals surface area contributed by atoms with Crippen LogP contribution in [0.2, 0.25) is 0 Å². The van der Waals surface area contributed by atoms with E-state index in [1.165, 1.54) is 9.42 Å². The Morgan fingerprint density at radius 2 is 2.38 bits per heavy atom. The third-order valence-corrected chi connectivity index (χ3v) is 1.11. The number of carbonyl (C=O) groups excluding carboxylic acids is 1. The molecule has 1 N–H and O–H groups in total. The van der Waals surface area contributed by atoms with Gasteiger partial charge in [0.2, 0.25) is 0 Å². The highest BCUT2D eigenvalue weighted by atomic mass is 32.1. The molecule has 5 nitrogen and oxygen atoms in total. The normalized spacial score (nSPS) is 25.1. The van der Waals surface area contributed by atoms with Gasteiger partial charge in [-0.2, -0.15) is 5.53 Å². The topological polar surface area (TPSA) is 59.3 Å². The Labute approximate surface area is 51.3 Å². The Balaban J connectivity index is 2.39. The minimum atomic E-state index is -0.569. The van der Waals surface area contributed by atoms with Crippen LogP contribution in [0.15, 0.2) is 5.11 Å². The molecule has 1 rings (SSSR count). The second-order valence-electron chi connectivity index (χ2n) is 1.31. The summed E-state index contributed by atoms with van der Waals surface area (Å²) < 4.78 is 1.36. The molecule has 1 fully saturated rings. The lowest BCUT2D eigenvalue weighted by Crippen LogP contribution is -2.05. The van der Waals surface area contributed by atoms with Crippen molar-refractivity contribution in [3.05, 3.63) is 0 Å². The molecule has 0 spiro atoms. The predicted octanol–water partition coefficient (Wildman–Crippen LogP) is 0.472. The van der Waals surface area contributed by atoms with Crippen LogP contribution in [-0.4, -0.2) is 22.1 Å². The van der Waals surface area contributed by atoms with E-state index >= 15 is 0 Å². The number of rotatable bonds is 0. The summed E-state index contributed by atoms with van der Waals surface area (Å²) >= 11 is 3.76. The molecule has 0 saturated carbocycles. The van der Waals surface area contributed by atoms with Crippen molar-refractivity contribution in [3.63, 3.8) is 0 Å². The van der Waals surface area contributed by atoms with Gasteiger partial charge in [-0.1, -0.05) is 17.9 Å². The largest absolute Gasteiger partial charge is 0.378 e. The molecule has 1 unspecified atom stereocenters. The molecule has 1 saturated heterocycles. The van der Waals surface area contributed by atoms with Gasteiger partial charge in [0.1, 0.15) is 6.67 Å². The second-order valence-corrected chi connectivity index (χ2v) is 1.77. The molecule has 0 aromatic heterocycles. The molecular formula is C2H4N4OS.